The molecule has 0 saturated heterocycles. The molecule has 9 heteroatoms. The molecule has 1 aliphatic heterocycles. The van der Waals surface area contributed by atoms with Crippen LogP contribution in [0.5, 0.6) is 5.75 Å². The van der Waals surface area contributed by atoms with Crippen LogP contribution in [0, 0.1) is 0 Å². The van der Waals surface area contributed by atoms with E-state index in [-0.39, 0.29) is 17.0 Å². The summed E-state index contributed by atoms with van der Waals surface area (Å²) >= 11 is 0. The maximum Gasteiger partial charge on any atom is 0.307 e. The highest BCUT2D eigenvalue weighted by Crippen LogP contribution is 2.63. The summed E-state index contributed by atoms with van der Waals surface area (Å²) in [6.45, 7) is 6.05. The largest absolute Gasteiger partial charge is 0.494 e. The first-order valence-electron chi connectivity index (χ1n) is 10.6. The van der Waals surface area contributed by atoms with E-state index in [0.717, 1.165) is 4.31 Å². The van der Waals surface area contributed by atoms with Crippen molar-refractivity contribution in [2.75, 3.05) is 13.2 Å². The van der Waals surface area contributed by atoms with Gasteiger partial charge in [0.2, 0.25) is 0 Å². The van der Waals surface area contributed by atoms with Crippen LogP contribution in [-0.4, -0.2) is 49.1 Å². The van der Waals surface area contributed by atoms with Gasteiger partial charge in [-0.05, 0) is 44.9 Å². The van der Waals surface area contributed by atoms with Crippen LogP contribution in [0.15, 0.2) is 60.3 Å². The zero-order valence-corrected chi connectivity index (χ0v) is 19.8. The average Bonchev–Trinajstić information content (AvgIpc) is 2.93. The van der Waals surface area contributed by atoms with Gasteiger partial charge in [0.1, 0.15) is 16.4 Å². The van der Waals surface area contributed by atoms with Gasteiger partial charge in [0.05, 0.1) is 18.6 Å². The molecule has 8 nitrogen and oxygen atoms in total. The van der Waals surface area contributed by atoms with Crippen LogP contribution in [0.1, 0.15) is 38.3 Å². The molecule has 0 atom stereocenters. The first kappa shape index (κ1) is 24.6. The molecule has 1 amide bonds. The molecule has 1 aliphatic rings. The van der Waals surface area contributed by atoms with Crippen LogP contribution in [0.25, 0.3) is 4.91 Å². The quantitative estimate of drug-likeness (QED) is 0.399. The summed E-state index contributed by atoms with van der Waals surface area (Å²) in [6, 6.07) is 15.8. The van der Waals surface area contributed by atoms with E-state index in [1.54, 1.807) is 69.3 Å². The monoisotopic (exact) mass is 474 g/mol. The lowest BCUT2D eigenvalue weighted by Crippen LogP contribution is -2.45. The molecule has 0 spiro atoms. The number of carbonyl (C=O) groups excluding carboxylic acids is 1. The minimum absolute atomic E-state index is 0.0398. The van der Waals surface area contributed by atoms with E-state index in [2.05, 4.69) is 5.32 Å². The van der Waals surface area contributed by atoms with Crippen molar-refractivity contribution in [1.82, 2.24) is 9.62 Å². The molecule has 0 aliphatic carbocycles. The lowest BCUT2D eigenvalue weighted by atomic mass is 10.1. The number of carboxylic acids is 1. The lowest BCUT2D eigenvalue weighted by Gasteiger charge is -2.45. The summed E-state index contributed by atoms with van der Waals surface area (Å²) in [5.41, 5.74) is 0.681. The second-order valence-corrected chi connectivity index (χ2v) is 10.5. The normalized spacial score (nSPS) is 16.6. The van der Waals surface area contributed by atoms with E-state index < -0.39 is 28.2 Å². The number of hydrogen-bond donors (Lipinski definition) is 4. The highest BCUT2D eigenvalue weighted by molar-refractivity contribution is 8.31. The molecule has 0 fully saturated rings. The van der Waals surface area contributed by atoms with Gasteiger partial charge in [-0.15, -0.1) is 0 Å². The summed E-state index contributed by atoms with van der Waals surface area (Å²) in [7, 11) is -3.51. The van der Waals surface area contributed by atoms with Crippen molar-refractivity contribution in [3.63, 3.8) is 0 Å². The van der Waals surface area contributed by atoms with Crippen LogP contribution < -0.4 is 10.1 Å². The Balaban J connectivity index is 1.67. The van der Waals surface area contributed by atoms with Gasteiger partial charge in [-0.2, -0.15) is 0 Å². The zero-order valence-electron chi connectivity index (χ0n) is 18.9. The number of aliphatic carboxylic acids is 1. The van der Waals surface area contributed by atoms with E-state index in [1.165, 1.54) is 0 Å². The SMILES string of the molecule is CC(C)(C)N1C(=O)C(NCCCOc2ccc(CC(=O)O)cc2)=C(c2ccccc2)S1(O)O. The van der Waals surface area contributed by atoms with Crippen LogP contribution in [0.3, 0.4) is 0 Å². The van der Waals surface area contributed by atoms with E-state index in [9.17, 15) is 18.7 Å². The Kier molecular flexibility index (Phi) is 7.36. The fourth-order valence-electron chi connectivity index (χ4n) is 3.63. The van der Waals surface area contributed by atoms with Gasteiger partial charge in [-0.1, -0.05) is 53.2 Å². The van der Waals surface area contributed by atoms with Crippen LogP contribution in [0.2, 0.25) is 0 Å². The second-order valence-electron chi connectivity index (χ2n) is 8.70. The maximum atomic E-state index is 13.2. The van der Waals surface area contributed by atoms with E-state index in [4.69, 9.17) is 9.84 Å². The Morgan fingerprint density at radius 2 is 1.70 bits per heavy atom. The standard InChI is InChI=1S/C24H30N2O6S/c1-24(2,3)26-23(29)21(22(33(26,30)31)18-8-5-4-6-9-18)25-14-7-15-32-19-12-10-17(11-13-19)16-20(27)28/h4-6,8-13,25,30-31H,7,14-16H2,1-3H3,(H,27,28). The fraction of sp³-hybridized carbons (Fsp3) is 0.333. The third kappa shape index (κ3) is 5.68. The van der Waals surface area contributed by atoms with Crippen molar-refractivity contribution in [3.8, 4) is 5.75 Å². The van der Waals surface area contributed by atoms with Crippen molar-refractivity contribution in [1.29, 1.82) is 0 Å². The Morgan fingerprint density at radius 1 is 1.06 bits per heavy atom. The average molecular weight is 475 g/mol. The first-order chi connectivity index (χ1) is 15.5. The number of ether oxygens (including phenoxy) is 1. The smallest absolute Gasteiger partial charge is 0.307 e. The zero-order chi connectivity index (χ0) is 24.2. The van der Waals surface area contributed by atoms with Crippen molar-refractivity contribution in [2.24, 2.45) is 0 Å². The molecule has 0 unspecified atom stereocenters. The molecule has 0 radical (unpaired) electrons. The van der Waals surface area contributed by atoms with Gasteiger partial charge in [0.25, 0.3) is 5.91 Å². The molecule has 4 N–H and O–H groups in total. The molecule has 0 aromatic heterocycles. The maximum absolute atomic E-state index is 13.2. The molecule has 1 heterocycles. The minimum Gasteiger partial charge on any atom is -0.494 e. The van der Waals surface area contributed by atoms with Crippen molar-refractivity contribution < 1.29 is 28.5 Å². The Morgan fingerprint density at radius 3 is 2.27 bits per heavy atom. The van der Waals surface area contributed by atoms with E-state index >= 15 is 0 Å². The van der Waals surface area contributed by atoms with Crippen molar-refractivity contribution in [3.05, 3.63) is 71.4 Å². The lowest BCUT2D eigenvalue weighted by molar-refractivity contribution is -0.136. The van der Waals surface area contributed by atoms with Crippen molar-refractivity contribution >= 4 is 27.6 Å². The number of hydrogen-bond acceptors (Lipinski definition) is 6. The Labute approximate surface area is 195 Å². The number of nitrogens with one attached hydrogen (secondary N) is 1. The third-order valence-electron chi connectivity index (χ3n) is 4.97. The predicted molar refractivity (Wildman–Crippen MR) is 129 cm³/mol. The molecule has 2 aromatic carbocycles. The van der Waals surface area contributed by atoms with Gasteiger partial charge in [0.15, 0.2) is 0 Å². The highest BCUT2D eigenvalue weighted by atomic mass is 32.3. The predicted octanol–water partition coefficient (Wildman–Crippen LogP) is 4.35. The van der Waals surface area contributed by atoms with Crippen molar-refractivity contribution in [2.45, 2.75) is 39.2 Å². The number of amides is 1. The molecular formula is C24H30N2O6S. The summed E-state index contributed by atoms with van der Waals surface area (Å²) in [5, 5.41) is 11.9. The topological polar surface area (TPSA) is 119 Å². The van der Waals surface area contributed by atoms with E-state index in [1.807, 2.05) is 6.07 Å². The molecule has 33 heavy (non-hydrogen) atoms. The summed E-state index contributed by atoms with van der Waals surface area (Å²) in [4.78, 5) is 24.1. The summed E-state index contributed by atoms with van der Waals surface area (Å²) in [5.74, 6) is -0.711. The van der Waals surface area contributed by atoms with E-state index in [0.29, 0.717) is 36.4 Å². The Bertz CT molecular complexity index is 1030. The second kappa shape index (κ2) is 9.86. The summed E-state index contributed by atoms with van der Waals surface area (Å²) < 4.78 is 29.0. The summed E-state index contributed by atoms with van der Waals surface area (Å²) in [6.07, 6.45) is 0.520. The molecule has 178 valence electrons. The number of rotatable bonds is 9. The molecule has 2 aromatic rings. The number of benzene rings is 2. The van der Waals surface area contributed by atoms with Crippen LogP contribution in [-0.2, 0) is 16.0 Å². The number of nitrogens with zero attached hydrogens (tertiary/aromatic N) is 1. The number of carboxylic acid groups (broad SMARTS) is 1. The molecule has 0 saturated carbocycles. The molecule has 3 rings (SSSR count). The van der Waals surface area contributed by atoms with Crippen LogP contribution >= 0.6 is 10.8 Å². The molecule has 0 bridgehead atoms. The van der Waals surface area contributed by atoms with Gasteiger partial charge in [-0.3, -0.25) is 18.7 Å². The Hall–Kier alpha value is -3.01. The van der Waals surface area contributed by atoms with Crippen LogP contribution in [0.4, 0.5) is 0 Å². The molecular weight excluding hydrogens is 444 g/mol. The fourth-order valence-corrected chi connectivity index (χ4v) is 5.79. The van der Waals surface area contributed by atoms with Gasteiger partial charge >= 0.3 is 5.97 Å². The van der Waals surface area contributed by atoms with Gasteiger partial charge in [-0.25, -0.2) is 4.31 Å². The van der Waals surface area contributed by atoms with Gasteiger partial charge in [0, 0.05) is 12.1 Å². The van der Waals surface area contributed by atoms with Gasteiger partial charge < -0.3 is 15.2 Å². The first-order valence-corrected chi connectivity index (χ1v) is 12.1. The minimum atomic E-state index is -3.51. The number of carbonyl (C=O) groups is 2. The third-order valence-corrected chi connectivity index (χ3v) is 7.18. The highest BCUT2D eigenvalue weighted by Gasteiger charge is 2.49.